The van der Waals surface area contributed by atoms with Crippen LogP contribution in [0.2, 0.25) is 0 Å². The number of alkyl carbamates (subject to hydrolysis) is 1. The molecule has 0 aliphatic heterocycles. The summed E-state index contributed by atoms with van der Waals surface area (Å²) in [6.07, 6.45) is -0.216. The van der Waals surface area contributed by atoms with Crippen LogP contribution in [0.4, 0.5) is 4.79 Å². The molecule has 0 aliphatic rings. The maximum Gasteiger partial charge on any atom is 0.408 e. The van der Waals surface area contributed by atoms with Crippen LogP contribution in [0.15, 0.2) is 60.7 Å². The van der Waals surface area contributed by atoms with Crippen molar-refractivity contribution in [2.24, 2.45) is 5.41 Å². The quantitative estimate of drug-likeness (QED) is 0.461. The molecule has 0 unspecified atom stereocenters. The Hall–Kier alpha value is -2.71. The van der Waals surface area contributed by atoms with Crippen molar-refractivity contribution in [2.45, 2.75) is 52.7 Å². The van der Waals surface area contributed by atoms with Crippen LogP contribution in [0.3, 0.4) is 0 Å². The first-order valence-electron chi connectivity index (χ1n) is 10.9. The first-order chi connectivity index (χ1) is 15.5. The van der Waals surface area contributed by atoms with Gasteiger partial charge < -0.3 is 10.1 Å². The Kier molecular flexibility index (Phi) is 10.1. The van der Waals surface area contributed by atoms with Gasteiger partial charge in [0.1, 0.15) is 6.61 Å². The van der Waals surface area contributed by atoms with Crippen molar-refractivity contribution in [1.82, 2.24) is 5.32 Å². The highest BCUT2D eigenvalue weighted by molar-refractivity contribution is 7.86. The van der Waals surface area contributed by atoms with Gasteiger partial charge in [0.25, 0.3) is 10.1 Å². The summed E-state index contributed by atoms with van der Waals surface area (Å²) in [6.45, 7) is 5.67. The third-order valence-electron chi connectivity index (χ3n) is 4.72. The van der Waals surface area contributed by atoms with E-state index in [2.05, 4.69) is 5.32 Å². The maximum absolute atomic E-state index is 12.9. The van der Waals surface area contributed by atoms with Gasteiger partial charge in [-0.15, -0.1) is 0 Å². The molecule has 8 heteroatoms. The standard InChI is InChI=1S/C25H33NO6S/c1-25(2,3)19-32-33(29,30)17-16-22(23(27)15-14-20-10-6-4-7-11-20)26-24(28)31-18-21-12-8-5-9-13-21/h4-13,22H,14-19H2,1-3H3,(H,26,28)/t22-/m0/s1. The summed E-state index contributed by atoms with van der Waals surface area (Å²) >= 11 is 0. The van der Waals surface area contributed by atoms with Gasteiger partial charge in [0.2, 0.25) is 0 Å². The number of nitrogens with one attached hydrogen (secondary N) is 1. The SMILES string of the molecule is CC(C)(C)COS(=O)(=O)CC[C@H](NC(=O)OCc1ccccc1)C(=O)CCc1ccccc1. The molecule has 0 bridgehead atoms. The molecule has 0 radical (unpaired) electrons. The number of carbonyl (C=O) groups is 2. The Balaban J connectivity index is 1.98. The molecule has 0 aromatic heterocycles. The second-order valence-electron chi connectivity index (χ2n) is 9.08. The van der Waals surface area contributed by atoms with Crippen molar-refractivity contribution in [3.8, 4) is 0 Å². The van der Waals surface area contributed by atoms with E-state index < -0.39 is 22.3 Å². The van der Waals surface area contributed by atoms with Gasteiger partial charge in [-0.25, -0.2) is 4.79 Å². The van der Waals surface area contributed by atoms with E-state index in [1.165, 1.54) is 0 Å². The second-order valence-corrected chi connectivity index (χ2v) is 10.8. The summed E-state index contributed by atoms with van der Waals surface area (Å²) < 4.78 is 34.9. The number of rotatable bonds is 12. The zero-order valence-electron chi connectivity index (χ0n) is 19.5. The lowest BCUT2D eigenvalue weighted by atomic mass is 9.99. The number of Topliss-reactive ketones (excluding diaryl/α,β-unsaturated/α-hetero) is 1. The van der Waals surface area contributed by atoms with E-state index >= 15 is 0 Å². The zero-order valence-corrected chi connectivity index (χ0v) is 20.3. The zero-order chi connectivity index (χ0) is 24.3. The summed E-state index contributed by atoms with van der Waals surface area (Å²) in [5.41, 5.74) is 1.47. The minimum atomic E-state index is -3.85. The van der Waals surface area contributed by atoms with E-state index in [0.717, 1.165) is 11.1 Å². The van der Waals surface area contributed by atoms with E-state index in [9.17, 15) is 18.0 Å². The average Bonchev–Trinajstić information content (AvgIpc) is 2.78. The Morgan fingerprint density at radius 3 is 2.09 bits per heavy atom. The Bertz CT molecular complexity index is 985. The lowest BCUT2D eigenvalue weighted by Crippen LogP contribution is -2.42. The van der Waals surface area contributed by atoms with Crippen LogP contribution in [0.25, 0.3) is 0 Å². The minimum absolute atomic E-state index is 0.0362. The molecule has 0 spiro atoms. The molecular formula is C25H33NO6S. The summed E-state index contributed by atoms with van der Waals surface area (Å²) in [6, 6.07) is 17.6. The van der Waals surface area contributed by atoms with E-state index in [-0.39, 0.29) is 43.0 Å². The van der Waals surface area contributed by atoms with Crippen LogP contribution in [0.5, 0.6) is 0 Å². The molecule has 2 aromatic rings. The molecule has 0 heterocycles. The number of hydrogen-bond donors (Lipinski definition) is 1. The largest absolute Gasteiger partial charge is 0.445 e. The van der Waals surface area contributed by atoms with E-state index in [0.29, 0.717) is 6.42 Å². The number of benzene rings is 2. The summed E-state index contributed by atoms with van der Waals surface area (Å²) in [5.74, 6) is -0.648. The van der Waals surface area contributed by atoms with Gasteiger partial charge in [0, 0.05) is 6.42 Å². The minimum Gasteiger partial charge on any atom is -0.445 e. The van der Waals surface area contributed by atoms with E-state index in [4.69, 9.17) is 8.92 Å². The first-order valence-corrected chi connectivity index (χ1v) is 12.5. The van der Waals surface area contributed by atoms with Crippen LogP contribution >= 0.6 is 0 Å². The Morgan fingerprint density at radius 2 is 1.52 bits per heavy atom. The van der Waals surface area contributed by atoms with Crippen LogP contribution < -0.4 is 5.32 Å². The summed E-state index contributed by atoms with van der Waals surface area (Å²) in [7, 11) is -3.85. The van der Waals surface area contributed by atoms with Gasteiger partial charge >= 0.3 is 6.09 Å². The second kappa shape index (κ2) is 12.5. The molecule has 2 aromatic carbocycles. The van der Waals surface area contributed by atoms with Crippen LogP contribution in [-0.4, -0.2) is 38.7 Å². The van der Waals surface area contributed by atoms with Crippen LogP contribution in [0.1, 0.15) is 44.7 Å². The number of hydrogen-bond acceptors (Lipinski definition) is 6. The topological polar surface area (TPSA) is 98.8 Å². The molecule has 1 atom stereocenters. The molecule has 0 aliphatic carbocycles. The summed E-state index contributed by atoms with van der Waals surface area (Å²) in [5, 5.41) is 2.54. The fourth-order valence-corrected chi connectivity index (χ4v) is 4.07. The number of aryl methyl sites for hydroxylation is 1. The van der Waals surface area contributed by atoms with Crippen molar-refractivity contribution in [2.75, 3.05) is 12.4 Å². The number of ketones is 1. The number of carbonyl (C=O) groups excluding carboxylic acids is 2. The predicted octanol–water partition coefficient (Wildman–Crippen LogP) is 4.27. The monoisotopic (exact) mass is 475 g/mol. The van der Waals surface area contributed by atoms with Crippen molar-refractivity contribution in [3.63, 3.8) is 0 Å². The van der Waals surface area contributed by atoms with Gasteiger partial charge in [-0.3, -0.25) is 8.98 Å². The maximum atomic E-state index is 12.9. The molecule has 2 rings (SSSR count). The fraction of sp³-hybridized carbons (Fsp3) is 0.440. The molecule has 1 N–H and O–H groups in total. The van der Waals surface area contributed by atoms with Crippen LogP contribution in [-0.2, 0) is 36.9 Å². The molecule has 0 fully saturated rings. The van der Waals surface area contributed by atoms with Crippen molar-refractivity contribution >= 4 is 22.0 Å². The number of ether oxygens (including phenoxy) is 1. The highest BCUT2D eigenvalue weighted by atomic mass is 32.2. The molecular weight excluding hydrogens is 442 g/mol. The molecule has 1 amide bonds. The van der Waals surface area contributed by atoms with Crippen molar-refractivity contribution in [3.05, 3.63) is 71.8 Å². The third-order valence-corrected chi connectivity index (χ3v) is 5.94. The van der Waals surface area contributed by atoms with Crippen molar-refractivity contribution < 1.29 is 26.9 Å². The van der Waals surface area contributed by atoms with Gasteiger partial charge in [-0.1, -0.05) is 81.4 Å². The first kappa shape index (κ1) is 26.5. The lowest BCUT2D eigenvalue weighted by Gasteiger charge is -2.20. The van der Waals surface area contributed by atoms with E-state index in [1.807, 2.05) is 81.4 Å². The highest BCUT2D eigenvalue weighted by Crippen LogP contribution is 2.16. The normalized spacial score (nSPS) is 12.7. The van der Waals surface area contributed by atoms with E-state index in [1.54, 1.807) is 0 Å². The molecule has 7 nitrogen and oxygen atoms in total. The third kappa shape index (κ3) is 11.1. The van der Waals surface area contributed by atoms with Gasteiger partial charge in [0.05, 0.1) is 18.4 Å². The van der Waals surface area contributed by atoms with Crippen LogP contribution in [0, 0.1) is 5.41 Å². The molecule has 0 saturated carbocycles. The predicted molar refractivity (Wildman–Crippen MR) is 127 cm³/mol. The summed E-state index contributed by atoms with van der Waals surface area (Å²) in [4.78, 5) is 25.2. The van der Waals surface area contributed by atoms with Gasteiger partial charge in [-0.2, -0.15) is 8.42 Å². The molecule has 33 heavy (non-hydrogen) atoms. The Morgan fingerprint density at radius 1 is 0.939 bits per heavy atom. The van der Waals surface area contributed by atoms with Crippen molar-refractivity contribution in [1.29, 1.82) is 0 Å². The van der Waals surface area contributed by atoms with Gasteiger partial charge in [0.15, 0.2) is 5.78 Å². The Labute approximate surface area is 196 Å². The smallest absolute Gasteiger partial charge is 0.408 e. The fourth-order valence-electron chi connectivity index (χ4n) is 2.89. The average molecular weight is 476 g/mol. The highest BCUT2D eigenvalue weighted by Gasteiger charge is 2.25. The molecule has 180 valence electrons. The molecule has 0 saturated heterocycles. The lowest BCUT2D eigenvalue weighted by molar-refractivity contribution is -0.121. The number of amides is 1. The van der Waals surface area contributed by atoms with Gasteiger partial charge in [-0.05, 0) is 29.4 Å².